The molecule has 108 valence electrons. The van der Waals surface area contributed by atoms with Gasteiger partial charge in [0.2, 0.25) is 0 Å². The quantitative estimate of drug-likeness (QED) is 0.849. The second kappa shape index (κ2) is 6.73. The van der Waals surface area contributed by atoms with E-state index in [9.17, 15) is 9.18 Å². The summed E-state index contributed by atoms with van der Waals surface area (Å²) in [5, 5.41) is 2.75. The van der Waals surface area contributed by atoms with Crippen molar-refractivity contribution in [3.8, 4) is 11.8 Å². The monoisotopic (exact) mass is 285 g/mol. The topological polar surface area (TPSA) is 60.0 Å². The molecule has 1 aromatic heterocycles. The molecule has 0 saturated heterocycles. The van der Waals surface area contributed by atoms with Gasteiger partial charge in [-0.05, 0) is 37.3 Å². The van der Waals surface area contributed by atoms with Crippen LogP contribution in [-0.4, -0.2) is 17.0 Å². The zero-order chi connectivity index (χ0) is 15.2. The molecule has 0 saturated carbocycles. The van der Waals surface area contributed by atoms with E-state index in [0.29, 0.717) is 23.5 Å². The van der Waals surface area contributed by atoms with Crippen LogP contribution >= 0.6 is 0 Å². The van der Waals surface area contributed by atoms with Crippen LogP contribution in [0.2, 0.25) is 0 Å². The van der Waals surface area contributed by atoms with Crippen LogP contribution in [-0.2, 0) is 6.54 Å². The highest BCUT2D eigenvalue weighted by Crippen LogP contribution is 2.17. The molecule has 1 amide bonds. The minimum atomic E-state index is -0.411. The summed E-state index contributed by atoms with van der Waals surface area (Å²) < 4.78 is 15.1. The number of halogens is 1. The second-order valence-corrected chi connectivity index (χ2v) is 4.33. The summed E-state index contributed by atoms with van der Waals surface area (Å²) in [5.74, 6) is 4.74. The molecule has 0 atom stereocenters. The first-order valence-corrected chi connectivity index (χ1v) is 6.60. The summed E-state index contributed by atoms with van der Waals surface area (Å²) >= 11 is 0. The maximum atomic E-state index is 13.3. The third-order valence-corrected chi connectivity index (χ3v) is 2.96. The Kier molecular flexibility index (Phi) is 4.75. The molecule has 5 heteroatoms. The molecule has 0 aliphatic rings. The summed E-state index contributed by atoms with van der Waals surface area (Å²) in [6.45, 7) is 2.81. The molecule has 0 aliphatic heterocycles. The molecule has 0 fully saturated rings. The van der Waals surface area contributed by atoms with Gasteiger partial charge >= 0.3 is 0 Å². The van der Waals surface area contributed by atoms with Gasteiger partial charge in [0.25, 0.3) is 5.91 Å². The fraction of sp³-hybridized carbons (Fsp3) is 0.188. The van der Waals surface area contributed by atoms with Gasteiger partial charge in [-0.1, -0.05) is 11.8 Å². The number of aryl methyl sites for hydroxylation is 1. The number of anilines is 1. The van der Waals surface area contributed by atoms with E-state index in [0.717, 1.165) is 0 Å². The van der Waals surface area contributed by atoms with Crippen molar-refractivity contribution in [1.82, 2.24) is 4.57 Å². The molecule has 1 heterocycles. The van der Waals surface area contributed by atoms with Gasteiger partial charge in [-0.15, -0.1) is 0 Å². The molecule has 4 nitrogen and oxygen atoms in total. The lowest BCUT2D eigenvalue weighted by Gasteiger charge is -2.09. The van der Waals surface area contributed by atoms with Crippen LogP contribution in [0.15, 0.2) is 36.5 Å². The van der Waals surface area contributed by atoms with E-state index in [1.807, 2.05) is 17.7 Å². The molecule has 2 aromatic rings. The van der Waals surface area contributed by atoms with Gasteiger partial charge in [0, 0.05) is 12.7 Å². The third-order valence-electron chi connectivity index (χ3n) is 2.96. The highest BCUT2D eigenvalue weighted by Gasteiger charge is 2.12. The van der Waals surface area contributed by atoms with Crippen molar-refractivity contribution in [1.29, 1.82) is 0 Å². The van der Waals surface area contributed by atoms with Gasteiger partial charge in [-0.2, -0.15) is 0 Å². The van der Waals surface area contributed by atoms with Crippen molar-refractivity contribution < 1.29 is 9.18 Å². The predicted octanol–water partition coefficient (Wildman–Crippen LogP) is 2.21. The molecule has 3 N–H and O–H groups in total. The molecule has 21 heavy (non-hydrogen) atoms. The van der Waals surface area contributed by atoms with Crippen molar-refractivity contribution in [3.63, 3.8) is 0 Å². The number of hydrogen-bond acceptors (Lipinski definition) is 2. The Labute approximate surface area is 122 Å². The van der Waals surface area contributed by atoms with Gasteiger partial charge in [0.15, 0.2) is 0 Å². The third kappa shape index (κ3) is 3.50. The molecule has 0 bridgehead atoms. The lowest BCUT2D eigenvalue weighted by Crippen LogP contribution is -2.17. The van der Waals surface area contributed by atoms with E-state index in [4.69, 9.17) is 5.73 Å². The number of carbonyl (C=O) groups excluding carboxylic acids is 1. The average molecular weight is 285 g/mol. The van der Waals surface area contributed by atoms with Gasteiger partial charge in [-0.3, -0.25) is 4.79 Å². The molecule has 0 spiro atoms. The first kappa shape index (κ1) is 14.8. The van der Waals surface area contributed by atoms with Gasteiger partial charge < -0.3 is 15.6 Å². The van der Waals surface area contributed by atoms with Crippen molar-refractivity contribution in [2.24, 2.45) is 5.73 Å². The number of carbonyl (C=O) groups is 1. The van der Waals surface area contributed by atoms with Crippen molar-refractivity contribution in [3.05, 3.63) is 53.6 Å². The van der Waals surface area contributed by atoms with Crippen molar-refractivity contribution >= 4 is 11.6 Å². The lowest BCUT2D eigenvalue weighted by molar-refractivity contribution is 0.101. The maximum absolute atomic E-state index is 13.3. The average Bonchev–Trinajstić information content (AvgIpc) is 2.96. The first-order chi connectivity index (χ1) is 10.2. The summed E-state index contributed by atoms with van der Waals surface area (Å²) in [4.78, 5) is 12.3. The minimum Gasteiger partial charge on any atom is -0.344 e. The number of amides is 1. The van der Waals surface area contributed by atoms with Crippen LogP contribution in [0.4, 0.5) is 10.1 Å². The normalized spacial score (nSPS) is 9.86. The van der Waals surface area contributed by atoms with Crippen LogP contribution in [0, 0.1) is 17.7 Å². The smallest absolute Gasteiger partial charge is 0.272 e. The number of hydrogen-bond donors (Lipinski definition) is 2. The predicted molar refractivity (Wildman–Crippen MR) is 80.4 cm³/mol. The zero-order valence-electron chi connectivity index (χ0n) is 11.7. The maximum Gasteiger partial charge on any atom is 0.272 e. The molecular formula is C16H16FN3O. The van der Waals surface area contributed by atoms with E-state index in [-0.39, 0.29) is 12.5 Å². The van der Waals surface area contributed by atoms with Crippen LogP contribution in [0.25, 0.3) is 0 Å². The van der Waals surface area contributed by atoms with E-state index in [2.05, 4.69) is 17.2 Å². The zero-order valence-corrected chi connectivity index (χ0v) is 11.7. The van der Waals surface area contributed by atoms with Crippen molar-refractivity contribution in [2.75, 3.05) is 11.9 Å². The fourth-order valence-electron chi connectivity index (χ4n) is 1.96. The van der Waals surface area contributed by atoms with Crippen LogP contribution in [0.3, 0.4) is 0 Å². The summed E-state index contributed by atoms with van der Waals surface area (Å²) in [6, 6.07) is 7.58. The highest BCUT2D eigenvalue weighted by molar-refractivity contribution is 6.03. The van der Waals surface area contributed by atoms with Crippen molar-refractivity contribution in [2.45, 2.75) is 13.5 Å². The highest BCUT2D eigenvalue weighted by atomic mass is 19.1. The minimum absolute atomic E-state index is 0.169. The van der Waals surface area contributed by atoms with E-state index in [1.54, 1.807) is 12.1 Å². The number of rotatable bonds is 3. The molecule has 0 radical (unpaired) electrons. The van der Waals surface area contributed by atoms with Gasteiger partial charge in [0.05, 0.1) is 17.8 Å². The van der Waals surface area contributed by atoms with E-state index < -0.39 is 5.82 Å². The lowest BCUT2D eigenvalue weighted by atomic mass is 10.1. The van der Waals surface area contributed by atoms with Crippen LogP contribution in [0.1, 0.15) is 23.0 Å². The fourth-order valence-corrected chi connectivity index (χ4v) is 1.96. The van der Waals surface area contributed by atoms with Crippen LogP contribution in [0.5, 0.6) is 0 Å². The molecule has 2 rings (SSSR count). The van der Waals surface area contributed by atoms with E-state index in [1.165, 1.54) is 18.2 Å². The van der Waals surface area contributed by atoms with Gasteiger partial charge in [0.1, 0.15) is 11.5 Å². The molecule has 0 unspecified atom stereocenters. The summed E-state index contributed by atoms with van der Waals surface area (Å²) in [7, 11) is 0. The van der Waals surface area contributed by atoms with Gasteiger partial charge in [-0.25, -0.2) is 4.39 Å². The molecule has 1 aromatic carbocycles. The Bertz CT molecular complexity index is 710. The molecule has 0 aliphatic carbocycles. The summed E-state index contributed by atoms with van der Waals surface area (Å²) in [6.07, 6.45) is 1.83. The Morgan fingerprint density at radius 2 is 2.24 bits per heavy atom. The number of aromatic nitrogens is 1. The Morgan fingerprint density at radius 1 is 1.43 bits per heavy atom. The first-order valence-electron chi connectivity index (χ1n) is 6.60. The second-order valence-electron chi connectivity index (χ2n) is 4.33. The number of nitrogens with zero attached hydrogens (tertiary/aromatic N) is 1. The SMILES string of the molecule is CCn1cccc1C(=O)Nc1ccc(F)cc1C#CCN. The number of nitrogens with one attached hydrogen (secondary N) is 1. The molecular weight excluding hydrogens is 269 g/mol. The van der Waals surface area contributed by atoms with E-state index >= 15 is 0 Å². The largest absolute Gasteiger partial charge is 0.344 e. The number of benzene rings is 1. The Hall–Kier alpha value is -2.58. The Morgan fingerprint density at radius 3 is 2.95 bits per heavy atom. The summed E-state index contributed by atoms with van der Waals surface area (Å²) in [5.41, 5.74) is 6.73. The standard InChI is InChI=1S/C16H16FN3O/c1-2-20-10-4-6-15(20)16(21)19-14-8-7-13(17)11-12(14)5-3-9-18/h4,6-8,10-11H,2,9,18H2,1H3,(H,19,21). The van der Waals surface area contributed by atoms with Crippen LogP contribution < -0.4 is 11.1 Å². The number of nitrogens with two attached hydrogens (primary N) is 1. The Balaban J connectivity index is 2.29.